The third-order valence-electron chi connectivity index (χ3n) is 4.92. The van der Waals surface area contributed by atoms with Crippen molar-refractivity contribution >= 4 is 50.8 Å². The zero-order valence-electron chi connectivity index (χ0n) is 16.4. The van der Waals surface area contributed by atoms with Crippen LogP contribution in [0.25, 0.3) is 10.2 Å². The lowest BCUT2D eigenvalue weighted by Gasteiger charge is -2.29. The van der Waals surface area contributed by atoms with Crippen LogP contribution >= 0.6 is 23.1 Å². The van der Waals surface area contributed by atoms with Gasteiger partial charge in [0.15, 0.2) is 4.80 Å². The van der Waals surface area contributed by atoms with E-state index < -0.39 is 0 Å². The summed E-state index contributed by atoms with van der Waals surface area (Å²) in [6, 6.07) is 15.9. The van der Waals surface area contributed by atoms with Crippen LogP contribution in [0.2, 0.25) is 0 Å². The molecule has 2 amide bonds. The molecule has 4 rings (SSSR count). The molecule has 5 nitrogen and oxygen atoms in total. The number of amides is 2. The van der Waals surface area contributed by atoms with Gasteiger partial charge in [0.25, 0.3) is 5.91 Å². The molecule has 2 aromatic carbocycles. The van der Waals surface area contributed by atoms with Crippen LogP contribution in [-0.2, 0) is 22.6 Å². The molecule has 1 aliphatic heterocycles. The van der Waals surface area contributed by atoms with Crippen LogP contribution in [0.5, 0.6) is 0 Å². The Morgan fingerprint density at radius 3 is 2.80 bits per heavy atom. The molecule has 0 radical (unpaired) electrons. The number of para-hydroxylation sites is 2. The summed E-state index contributed by atoms with van der Waals surface area (Å²) in [6.45, 7) is 1.08. The third-order valence-corrected chi connectivity index (χ3v) is 6.88. The molecule has 152 valence electrons. The van der Waals surface area contributed by atoms with E-state index in [-0.39, 0.29) is 23.3 Å². The maximum atomic E-state index is 12.7. The van der Waals surface area contributed by atoms with Crippen molar-refractivity contribution in [3.63, 3.8) is 0 Å². The predicted molar refractivity (Wildman–Crippen MR) is 124 cm³/mol. The highest BCUT2D eigenvalue weighted by Crippen LogP contribution is 2.27. The Hall–Kier alpha value is -2.82. The predicted octanol–water partition coefficient (Wildman–Crippen LogP) is 3.48. The molecule has 0 N–H and O–H groups in total. The number of nitrogens with zero attached hydrogens (tertiary/aromatic N) is 3. The number of carbonyl (C=O) groups excluding carboxylic acids is 2. The lowest BCUT2D eigenvalue weighted by molar-refractivity contribution is -0.116. The van der Waals surface area contributed by atoms with E-state index in [2.05, 4.69) is 17.0 Å². The summed E-state index contributed by atoms with van der Waals surface area (Å²) >= 11 is 2.75. The minimum atomic E-state index is -0.260. The van der Waals surface area contributed by atoms with Gasteiger partial charge >= 0.3 is 0 Å². The number of aryl methyl sites for hydroxylation is 1. The first-order valence-electron chi connectivity index (χ1n) is 9.73. The minimum absolute atomic E-state index is 0.0317. The molecule has 0 unspecified atom stereocenters. The number of benzene rings is 2. The maximum Gasteiger partial charge on any atom is 0.258 e. The van der Waals surface area contributed by atoms with Crippen molar-refractivity contribution in [2.45, 2.75) is 19.4 Å². The van der Waals surface area contributed by atoms with E-state index in [0.29, 0.717) is 11.3 Å². The van der Waals surface area contributed by atoms with Crippen LogP contribution in [0, 0.1) is 12.3 Å². The molecule has 0 spiro atoms. The average molecular weight is 436 g/mol. The summed E-state index contributed by atoms with van der Waals surface area (Å²) in [5.74, 6) is 2.81. The Balaban J connectivity index is 1.42. The van der Waals surface area contributed by atoms with E-state index in [1.54, 1.807) is 0 Å². The van der Waals surface area contributed by atoms with Crippen LogP contribution in [0.1, 0.15) is 12.0 Å². The first kappa shape index (κ1) is 20.5. The van der Waals surface area contributed by atoms with Gasteiger partial charge in [-0.1, -0.05) is 47.6 Å². The van der Waals surface area contributed by atoms with Gasteiger partial charge in [-0.3, -0.25) is 9.59 Å². The van der Waals surface area contributed by atoms with Crippen LogP contribution in [0.15, 0.2) is 53.5 Å². The number of aromatic nitrogens is 1. The quantitative estimate of drug-likeness (QED) is 0.577. The highest BCUT2D eigenvalue weighted by Gasteiger charge is 2.22. The SMILES string of the molecule is C#CCn1c(=NC(=O)CSCC(=O)N2CCCc3ccccc32)sc2ccccc21. The lowest BCUT2D eigenvalue weighted by atomic mass is 10.0. The summed E-state index contributed by atoms with van der Waals surface area (Å²) in [7, 11) is 0. The lowest BCUT2D eigenvalue weighted by Crippen LogP contribution is -2.36. The molecule has 0 bridgehead atoms. The van der Waals surface area contributed by atoms with E-state index in [1.807, 2.05) is 51.9 Å². The van der Waals surface area contributed by atoms with Crippen molar-refractivity contribution in [1.82, 2.24) is 4.57 Å². The molecular weight excluding hydrogens is 414 g/mol. The van der Waals surface area contributed by atoms with Gasteiger partial charge in [-0.15, -0.1) is 18.2 Å². The van der Waals surface area contributed by atoms with Gasteiger partial charge in [-0.05, 0) is 36.6 Å². The Morgan fingerprint density at radius 1 is 1.13 bits per heavy atom. The number of hydrogen-bond donors (Lipinski definition) is 0. The van der Waals surface area contributed by atoms with Crippen molar-refractivity contribution < 1.29 is 9.59 Å². The third kappa shape index (κ3) is 4.35. The van der Waals surface area contributed by atoms with Crippen LogP contribution in [0.4, 0.5) is 5.69 Å². The average Bonchev–Trinajstić information content (AvgIpc) is 3.10. The molecule has 0 aliphatic carbocycles. The molecule has 2 heterocycles. The number of hydrogen-bond acceptors (Lipinski definition) is 4. The molecule has 0 saturated carbocycles. The normalized spacial score (nSPS) is 13.8. The maximum absolute atomic E-state index is 12.7. The first-order valence-corrected chi connectivity index (χ1v) is 11.7. The van der Waals surface area contributed by atoms with Gasteiger partial charge in [0.2, 0.25) is 5.91 Å². The van der Waals surface area contributed by atoms with Crippen molar-refractivity contribution in [2.75, 3.05) is 23.0 Å². The van der Waals surface area contributed by atoms with Gasteiger partial charge in [0.05, 0.1) is 28.3 Å². The van der Waals surface area contributed by atoms with Gasteiger partial charge in [-0.2, -0.15) is 4.99 Å². The Labute approximate surface area is 183 Å². The number of carbonyl (C=O) groups is 2. The second kappa shape index (κ2) is 9.33. The zero-order chi connectivity index (χ0) is 20.9. The number of fused-ring (bicyclic) bond motifs is 2. The fourth-order valence-electron chi connectivity index (χ4n) is 3.59. The van der Waals surface area contributed by atoms with Crippen LogP contribution < -0.4 is 9.70 Å². The molecule has 0 saturated heterocycles. The monoisotopic (exact) mass is 435 g/mol. The van der Waals surface area contributed by atoms with Gasteiger partial charge < -0.3 is 9.47 Å². The van der Waals surface area contributed by atoms with E-state index in [1.165, 1.54) is 28.7 Å². The minimum Gasteiger partial charge on any atom is -0.311 e. The number of rotatable bonds is 5. The fraction of sp³-hybridized carbons (Fsp3) is 0.261. The fourth-order valence-corrected chi connectivity index (χ4v) is 5.30. The second-order valence-electron chi connectivity index (χ2n) is 6.92. The van der Waals surface area contributed by atoms with Gasteiger partial charge in [-0.25, -0.2) is 0 Å². The molecule has 1 aromatic heterocycles. The Morgan fingerprint density at radius 2 is 1.93 bits per heavy atom. The van der Waals surface area contributed by atoms with Crippen molar-refractivity contribution in [3.8, 4) is 12.3 Å². The first-order chi connectivity index (χ1) is 14.7. The highest BCUT2D eigenvalue weighted by atomic mass is 32.2. The van der Waals surface area contributed by atoms with Crippen molar-refractivity contribution in [3.05, 3.63) is 58.9 Å². The number of anilines is 1. The highest BCUT2D eigenvalue weighted by molar-refractivity contribution is 8.00. The number of thiazole rings is 1. The molecular formula is C23H21N3O2S2. The molecule has 0 fully saturated rings. The topological polar surface area (TPSA) is 54.7 Å². The Kier molecular flexibility index (Phi) is 6.36. The smallest absolute Gasteiger partial charge is 0.258 e. The van der Waals surface area contributed by atoms with Crippen molar-refractivity contribution in [2.24, 2.45) is 4.99 Å². The summed E-state index contributed by atoms with van der Waals surface area (Å²) in [6.07, 6.45) is 7.45. The van der Waals surface area contributed by atoms with Gasteiger partial charge in [0.1, 0.15) is 0 Å². The summed E-state index contributed by atoms with van der Waals surface area (Å²) in [5.41, 5.74) is 3.17. The molecule has 3 aromatic rings. The summed E-state index contributed by atoms with van der Waals surface area (Å²) in [4.78, 5) is 31.8. The van der Waals surface area contributed by atoms with E-state index >= 15 is 0 Å². The zero-order valence-corrected chi connectivity index (χ0v) is 18.0. The number of terminal acetylenes is 1. The molecule has 30 heavy (non-hydrogen) atoms. The number of thioether (sulfide) groups is 1. The second-order valence-corrected chi connectivity index (χ2v) is 8.91. The van der Waals surface area contributed by atoms with Crippen LogP contribution in [-0.4, -0.2) is 34.4 Å². The summed E-state index contributed by atoms with van der Waals surface area (Å²) < 4.78 is 2.91. The molecule has 7 heteroatoms. The summed E-state index contributed by atoms with van der Waals surface area (Å²) in [5, 5.41) is 0. The molecule has 0 atom stereocenters. The Bertz CT molecular complexity index is 1200. The molecule has 1 aliphatic rings. The van der Waals surface area contributed by atoms with E-state index in [4.69, 9.17) is 6.42 Å². The van der Waals surface area contributed by atoms with E-state index in [0.717, 1.165) is 35.3 Å². The standard InChI is InChI=1S/C23H21N3O2S2/c1-2-13-26-19-11-5-6-12-20(19)30-23(26)24-21(27)15-29-16-22(28)25-14-7-9-17-8-3-4-10-18(17)25/h1,3-6,8,10-12H,7,9,13-16H2. The largest absolute Gasteiger partial charge is 0.311 e. The van der Waals surface area contributed by atoms with E-state index in [9.17, 15) is 9.59 Å². The van der Waals surface area contributed by atoms with Crippen molar-refractivity contribution in [1.29, 1.82) is 0 Å². The van der Waals surface area contributed by atoms with Gasteiger partial charge in [0, 0.05) is 12.2 Å². The van der Waals surface area contributed by atoms with Crippen LogP contribution in [0.3, 0.4) is 0 Å².